The molecule has 2 atom stereocenters. The lowest BCUT2D eigenvalue weighted by Crippen LogP contribution is -2.43. The molecule has 0 aliphatic heterocycles. The lowest BCUT2D eigenvalue weighted by Gasteiger charge is -2.34. The largest absolute Gasteiger partial charge is 0.388 e. The summed E-state index contributed by atoms with van der Waals surface area (Å²) < 4.78 is 2.60. The lowest BCUT2D eigenvalue weighted by molar-refractivity contribution is 0.0434. The van der Waals surface area contributed by atoms with E-state index in [1.54, 1.807) is 0 Å². The van der Waals surface area contributed by atoms with Crippen molar-refractivity contribution in [3.63, 3.8) is 0 Å². The lowest BCUT2D eigenvalue weighted by atomic mass is 9.78. The molecule has 0 radical (unpaired) electrons. The van der Waals surface area contributed by atoms with Crippen LogP contribution >= 0.6 is 11.3 Å². The SMILES string of the molecule is CCNCC(C)(O)C(c1ccccc1)c1ccc2sc3ccccc3c2c1. The molecule has 0 aliphatic carbocycles. The van der Waals surface area contributed by atoms with E-state index in [0.29, 0.717) is 6.54 Å². The van der Waals surface area contributed by atoms with Crippen LogP contribution in [0.15, 0.2) is 72.8 Å². The van der Waals surface area contributed by atoms with Crippen LogP contribution in [0.4, 0.5) is 0 Å². The molecule has 138 valence electrons. The second kappa shape index (κ2) is 7.43. The maximum atomic E-state index is 11.4. The third kappa shape index (κ3) is 3.51. The molecule has 2 nitrogen and oxygen atoms in total. The predicted octanol–water partition coefficient (Wildman–Crippen LogP) is 5.55. The highest BCUT2D eigenvalue weighted by atomic mass is 32.1. The van der Waals surface area contributed by atoms with Crippen molar-refractivity contribution in [3.8, 4) is 0 Å². The fraction of sp³-hybridized carbons (Fsp3) is 0.250. The molecule has 2 N–H and O–H groups in total. The zero-order chi connectivity index (χ0) is 18.9. The van der Waals surface area contributed by atoms with Crippen molar-refractivity contribution < 1.29 is 5.11 Å². The van der Waals surface area contributed by atoms with Crippen LogP contribution in [0.3, 0.4) is 0 Å². The Balaban J connectivity index is 1.87. The van der Waals surface area contributed by atoms with Crippen molar-refractivity contribution >= 4 is 31.5 Å². The van der Waals surface area contributed by atoms with E-state index in [9.17, 15) is 5.11 Å². The van der Waals surface area contributed by atoms with E-state index in [1.165, 1.54) is 20.2 Å². The van der Waals surface area contributed by atoms with Gasteiger partial charge in [0.25, 0.3) is 0 Å². The molecule has 27 heavy (non-hydrogen) atoms. The second-order valence-corrected chi connectivity index (χ2v) is 8.42. The molecule has 0 bridgehead atoms. The Morgan fingerprint density at radius 2 is 1.59 bits per heavy atom. The summed E-state index contributed by atoms with van der Waals surface area (Å²) in [6.07, 6.45) is 0. The number of hydrogen-bond donors (Lipinski definition) is 2. The minimum Gasteiger partial charge on any atom is -0.388 e. The molecule has 0 aliphatic rings. The van der Waals surface area contributed by atoms with Crippen molar-refractivity contribution in [1.29, 1.82) is 0 Å². The molecule has 1 aromatic heterocycles. The van der Waals surface area contributed by atoms with Crippen LogP contribution < -0.4 is 5.32 Å². The van der Waals surface area contributed by atoms with E-state index in [0.717, 1.165) is 17.7 Å². The summed E-state index contributed by atoms with van der Waals surface area (Å²) in [6, 6.07) is 25.5. The molecule has 3 heteroatoms. The summed E-state index contributed by atoms with van der Waals surface area (Å²) in [5, 5.41) is 17.3. The van der Waals surface area contributed by atoms with Crippen molar-refractivity contribution in [3.05, 3.63) is 83.9 Å². The molecular weight excluding hydrogens is 350 g/mol. The molecule has 0 fully saturated rings. The van der Waals surface area contributed by atoms with Gasteiger partial charge in [-0.25, -0.2) is 0 Å². The zero-order valence-corrected chi connectivity index (χ0v) is 16.6. The third-order valence-corrected chi connectivity index (χ3v) is 6.37. The number of thiophene rings is 1. The average molecular weight is 376 g/mol. The summed E-state index contributed by atoms with van der Waals surface area (Å²) >= 11 is 1.82. The van der Waals surface area contributed by atoms with E-state index >= 15 is 0 Å². The molecule has 0 saturated heterocycles. The maximum absolute atomic E-state index is 11.4. The van der Waals surface area contributed by atoms with Crippen LogP contribution in [0, 0.1) is 0 Å². The Kier molecular flexibility index (Phi) is 5.00. The van der Waals surface area contributed by atoms with Crippen LogP contribution in [0.5, 0.6) is 0 Å². The highest BCUT2D eigenvalue weighted by Crippen LogP contribution is 2.39. The Bertz CT molecular complexity index is 1050. The summed E-state index contributed by atoms with van der Waals surface area (Å²) in [5.41, 5.74) is 1.40. The fourth-order valence-corrected chi connectivity index (χ4v) is 5.05. The minimum atomic E-state index is -0.892. The van der Waals surface area contributed by atoms with Crippen molar-refractivity contribution in [2.45, 2.75) is 25.4 Å². The Labute approximate surface area is 164 Å². The quantitative estimate of drug-likeness (QED) is 0.463. The molecule has 2 unspecified atom stereocenters. The van der Waals surface area contributed by atoms with Crippen LogP contribution in [0.1, 0.15) is 30.9 Å². The van der Waals surface area contributed by atoms with Crippen LogP contribution in [-0.2, 0) is 0 Å². The van der Waals surface area contributed by atoms with E-state index in [1.807, 2.05) is 36.5 Å². The van der Waals surface area contributed by atoms with Gasteiger partial charge in [0.2, 0.25) is 0 Å². The van der Waals surface area contributed by atoms with E-state index in [2.05, 4.69) is 66.8 Å². The standard InChI is InChI=1S/C24H25NOS/c1-3-25-16-24(2,26)23(17-9-5-4-6-10-17)18-13-14-22-20(15-18)19-11-7-8-12-21(19)27-22/h4-15,23,25-26H,3,16H2,1-2H3. The van der Waals surface area contributed by atoms with Crippen LogP contribution in [0.2, 0.25) is 0 Å². The minimum absolute atomic E-state index is 0.0965. The number of nitrogens with one attached hydrogen (secondary N) is 1. The molecule has 0 amide bonds. The first-order chi connectivity index (χ1) is 13.1. The number of likely N-dealkylation sites (N-methyl/N-ethyl adjacent to an activating group) is 1. The van der Waals surface area contributed by atoms with E-state index in [-0.39, 0.29) is 5.92 Å². The van der Waals surface area contributed by atoms with Crippen molar-refractivity contribution in [2.75, 3.05) is 13.1 Å². The molecular formula is C24H25NOS. The summed E-state index contributed by atoms with van der Waals surface area (Å²) in [7, 11) is 0. The Morgan fingerprint density at radius 3 is 2.37 bits per heavy atom. The summed E-state index contributed by atoms with van der Waals surface area (Å²) in [5.74, 6) is -0.0965. The Morgan fingerprint density at radius 1 is 0.889 bits per heavy atom. The molecule has 3 aromatic carbocycles. The van der Waals surface area contributed by atoms with Crippen molar-refractivity contribution in [1.82, 2.24) is 5.32 Å². The van der Waals surface area contributed by atoms with Gasteiger partial charge in [-0.2, -0.15) is 0 Å². The van der Waals surface area contributed by atoms with Crippen LogP contribution in [-0.4, -0.2) is 23.8 Å². The molecule has 0 spiro atoms. The van der Waals surface area contributed by atoms with E-state index < -0.39 is 5.60 Å². The first-order valence-electron chi connectivity index (χ1n) is 9.49. The van der Waals surface area contributed by atoms with Gasteiger partial charge >= 0.3 is 0 Å². The summed E-state index contributed by atoms with van der Waals surface area (Å²) in [6.45, 7) is 5.39. The first-order valence-corrected chi connectivity index (χ1v) is 10.3. The topological polar surface area (TPSA) is 32.3 Å². The van der Waals surface area contributed by atoms with E-state index in [4.69, 9.17) is 0 Å². The molecule has 4 aromatic rings. The van der Waals surface area contributed by atoms with Gasteiger partial charge in [-0.15, -0.1) is 11.3 Å². The number of hydrogen-bond acceptors (Lipinski definition) is 3. The normalized spacial score (nSPS) is 15.1. The highest BCUT2D eigenvalue weighted by Gasteiger charge is 2.34. The monoisotopic (exact) mass is 375 g/mol. The highest BCUT2D eigenvalue weighted by molar-refractivity contribution is 7.25. The third-order valence-electron chi connectivity index (χ3n) is 5.22. The number of aliphatic hydroxyl groups is 1. The number of rotatable bonds is 6. The second-order valence-electron chi connectivity index (χ2n) is 7.34. The van der Waals surface area contributed by atoms with Crippen molar-refractivity contribution in [2.24, 2.45) is 0 Å². The van der Waals surface area contributed by atoms with Gasteiger partial charge in [-0.3, -0.25) is 0 Å². The predicted molar refractivity (Wildman–Crippen MR) is 117 cm³/mol. The smallest absolute Gasteiger partial charge is 0.0852 e. The number of benzene rings is 3. The molecule has 0 saturated carbocycles. The summed E-state index contributed by atoms with van der Waals surface area (Å²) in [4.78, 5) is 0. The Hall–Kier alpha value is -2.20. The van der Waals surface area contributed by atoms with Gasteiger partial charge in [-0.05, 0) is 42.8 Å². The van der Waals surface area contributed by atoms with Gasteiger partial charge in [0.15, 0.2) is 0 Å². The van der Waals surface area contributed by atoms with Gasteiger partial charge in [0.05, 0.1) is 5.60 Å². The van der Waals surface area contributed by atoms with Gasteiger partial charge < -0.3 is 10.4 Å². The van der Waals surface area contributed by atoms with Crippen LogP contribution in [0.25, 0.3) is 20.2 Å². The van der Waals surface area contributed by atoms with Gasteiger partial charge in [0, 0.05) is 32.6 Å². The fourth-order valence-electron chi connectivity index (χ4n) is 3.96. The van der Waals surface area contributed by atoms with Gasteiger partial charge in [0.1, 0.15) is 0 Å². The molecule has 1 heterocycles. The maximum Gasteiger partial charge on any atom is 0.0852 e. The zero-order valence-electron chi connectivity index (χ0n) is 15.8. The molecule has 4 rings (SSSR count). The average Bonchev–Trinajstić information content (AvgIpc) is 3.05. The number of fused-ring (bicyclic) bond motifs is 3. The van der Waals surface area contributed by atoms with Gasteiger partial charge in [-0.1, -0.05) is 61.5 Å². The first kappa shape index (κ1) is 18.2.